The summed E-state index contributed by atoms with van der Waals surface area (Å²) in [6.45, 7) is 0. The molecule has 4 amide bonds. The van der Waals surface area contributed by atoms with Crippen LogP contribution in [0.3, 0.4) is 0 Å². The van der Waals surface area contributed by atoms with Crippen LogP contribution in [0.15, 0.2) is 48.7 Å². The lowest BCUT2D eigenvalue weighted by molar-refractivity contribution is -0.145. The Morgan fingerprint density at radius 1 is 1.12 bits per heavy atom. The van der Waals surface area contributed by atoms with Gasteiger partial charge in [0.05, 0.1) is 0 Å². The summed E-state index contributed by atoms with van der Waals surface area (Å²) in [6.07, 6.45) is 5.73. The van der Waals surface area contributed by atoms with E-state index >= 15 is 0 Å². The van der Waals surface area contributed by atoms with Gasteiger partial charge in [0, 0.05) is 24.7 Å². The molecule has 1 aromatic heterocycles. The lowest BCUT2D eigenvalue weighted by Gasteiger charge is -2.59. The van der Waals surface area contributed by atoms with Crippen LogP contribution < -0.4 is 15.8 Å². The number of hydrogen-bond donors (Lipinski definition) is 2. The van der Waals surface area contributed by atoms with Crippen LogP contribution in [0.25, 0.3) is 0 Å². The number of imide groups is 1. The minimum Gasteiger partial charge on any atom is -0.474 e. The predicted molar refractivity (Wildman–Crippen MR) is 116 cm³/mol. The number of amides is 4. The summed E-state index contributed by atoms with van der Waals surface area (Å²) in [6, 6.07) is 12.6. The second-order valence-electron chi connectivity index (χ2n) is 9.23. The Labute approximate surface area is 186 Å². The summed E-state index contributed by atoms with van der Waals surface area (Å²) in [5.74, 6) is -0.391. The molecule has 2 saturated carbocycles. The summed E-state index contributed by atoms with van der Waals surface area (Å²) < 4.78 is 5.90. The van der Waals surface area contributed by atoms with Crippen molar-refractivity contribution < 1.29 is 19.1 Å². The highest BCUT2D eigenvalue weighted by Gasteiger charge is 2.57. The summed E-state index contributed by atoms with van der Waals surface area (Å²) in [7, 11) is 0. The number of nitrogens with zero attached hydrogens (tertiary/aromatic N) is 2. The van der Waals surface area contributed by atoms with Gasteiger partial charge in [-0.25, -0.2) is 9.78 Å². The average molecular weight is 434 g/mol. The Balaban J connectivity index is 1.13. The molecule has 1 saturated heterocycles. The molecular formula is C24H26N4O4. The van der Waals surface area contributed by atoms with Gasteiger partial charge in [0.1, 0.15) is 11.7 Å². The van der Waals surface area contributed by atoms with Crippen LogP contribution in [0.1, 0.15) is 48.0 Å². The van der Waals surface area contributed by atoms with E-state index in [4.69, 9.17) is 10.5 Å². The molecule has 1 aromatic carbocycles. The molecule has 166 valence electrons. The van der Waals surface area contributed by atoms with Gasteiger partial charge in [-0.15, -0.1) is 0 Å². The number of carbonyl (C=O) groups excluding carboxylic acids is 3. The molecule has 32 heavy (non-hydrogen) atoms. The number of urea groups is 1. The van der Waals surface area contributed by atoms with Crippen molar-refractivity contribution >= 4 is 17.8 Å². The fraction of sp³-hybridized carbons (Fsp3) is 0.417. The number of ether oxygens (including phenoxy) is 1. The minimum absolute atomic E-state index is 0.0370. The largest absolute Gasteiger partial charge is 0.474 e. The number of rotatable bonds is 6. The molecule has 2 aromatic rings. The van der Waals surface area contributed by atoms with Crippen molar-refractivity contribution in [2.24, 2.45) is 11.1 Å². The second-order valence-corrected chi connectivity index (χ2v) is 9.23. The molecule has 0 radical (unpaired) electrons. The highest BCUT2D eigenvalue weighted by atomic mass is 16.5. The summed E-state index contributed by atoms with van der Waals surface area (Å²) in [4.78, 5) is 42.5. The molecule has 8 nitrogen and oxygen atoms in total. The zero-order chi connectivity index (χ0) is 22.3. The molecule has 1 atom stereocenters. The first-order chi connectivity index (χ1) is 15.4. The second kappa shape index (κ2) is 7.93. The quantitative estimate of drug-likeness (QED) is 0.725. The maximum absolute atomic E-state index is 12.8. The van der Waals surface area contributed by atoms with E-state index in [1.54, 1.807) is 18.3 Å². The third kappa shape index (κ3) is 3.81. The fourth-order valence-corrected chi connectivity index (χ4v) is 5.38. The van der Waals surface area contributed by atoms with Gasteiger partial charge >= 0.3 is 6.03 Å². The molecule has 2 aliphatic carbocycles. The summed E-state index contributed by atoms with van der Waals surface area (Å²) >= 11 is 0. The van der Waals surface area contributed by atoms with E-state index in [0.29, 0.717) is 12.8 Å². The third-order valence-corrected chi connectivity index (χ3v) is 6.90. The fourth-order valence-electron chi connectivity index (χ4n) is 5.38. The van der Waals surface area contributed by atoms with Crippen molar-refractivity contribution in [1.29, 1.82) is 0 Å². The Hall–Kier alpha value is -3.42. The zero-order valence-corrected chi connectivity index (χ0v) is 17.7. The molecule has 0 bridgehead atoms. The lowest BCUT2D eigenvalue weighted by Crippen LogP contribution is -2.65. The maximum atomic E-state index is 12.8. The van der Waals surface area contributed by atoms with E-state index in [0.717, 1.165) is 31.2 Å². The van der Waals surface area contributed by atoms with E-state index in [-0.39, 0.29) is 47.0 Å². The van der Waals surface area contributed by atoms with Crippen LogP contribution in [0.2, 0.25) is 0 Å². The molecule has 1 spiro atoms. The number of nitrogens with one attached hydrogen (secondary N) is 1. The van der Waals surface area contributed by atoms with E-state index < -0.39 is 5.91 Å². The third-order valence-electron chi connectivity index (χ3n) is 6.90. The number of nitrogens with two attached hydrogens (primary N) is 1. The normalized spacial score (nSPS) is 29.1. The highest BCUT2D eigenvalue weighted by molar-refractivity contribution is 5.98. The molecule has 5 rings (SSSR count). The van der Waals surface area contributed by atoms with E-state index in [1.165, 1.54) is 4.90 Å². The number of hydrogen-bond acceptors (Lipinski definition) is 5. The number of aromatic nitrogens is 1. The van der Waals surface area contributed by atoms with Crippen LogP contribution in [0, 0.1) is 5.41 Å². The Kier molecular flexibility index (Phi) is 5.07. The van der Waals surface area contributed by atoms with Crippen molar-refractivity contribution in [1.82, 2.24) is 15.2 Å². The average Bonchev–Trinajstić information content (AvgIpc) is 2.70. The molecule has 3 aliphatic rings. The van der Waals surface area contributed by atoms with Gasteiger partial charge in [0.2, 0.25) is 11.8 Å². The van der Waals surface area contributed by atoms with Gasteiger partial charge in [0.15, 0.2) is 0 Å². The minimum atomic E-state index is -0.564. The molecule has 1 unspecified atom stereocenters. The molecule has 3 fully saturated rings. The Morgan fingerprint density at radius 2 is 1.88 bits per heavy atom. The van der Waals surface area contributed by atoms with Gasteiger partial charge in [-0.05, 0) is 55.2 Å². The maximum Gasteiger partial charge on any atom is 0.324 e. The number of pyridine rings is 1. The van der Waals surface area contributed by atoms with Gasteiger partial charge in [0.25, 0.3) is 5.91 Å². The van der Waals surface area contributed by atoms with Gasteiger partial charge in [-0.3, -0.25) is 14.5 Å². The van der Waals surface area contributed by atoms with Crippen LogP contribution in [-0.2, 0) is 11.2 Å². The summed E-state index contributed by atoms with van der Waals surface area (Å²) in [5.41, 5.74) is 6.87. The van der Waals surface area contributed by atoms with E-state index in [2.05, 4.69) is 10.3 Å². The van der Waals surface area contributed by atoms with Crippen LogP contribution in [-0.4, -0.2) is 45.9 Å². The molecule has 3 N–H and O–H groups in total. The number of benzene rings is 1. The zero-order valence-electron chi connectivity index (χ0n) is 17.7. The van der Waals surface area contributed by atoms with Crippen LogP contribution >= 0.6 is 0 Å². The van der Waals surface area contributed by atoms with E-state index in [9.17, 15) is 14.4 Å². The molecule has 2 heterocycles. The Bertz CT molecular complexity index is 1020. The SMILES string of the molecule is NC(=O)c1cccnc1OC1CC2(C1)CC(N1C(=O)CC(Cc3ccccc3)NC1=O)C2. The smallest absolute Gasteiger partial charge is 0.324 e. The monoisotopic (exact) mass is 434 g/mol. The van der Waals surface area contributed by atoms with Crippen molar-refractivity contribution in [2.75, 3.05) is 0 Å². The standard InChI is InChI=1S/C24H26N4O4/c25-21(30)19-7-4-8-26-22(19)32-18-13-24(14-18)11-17(12-24)28-20(29)10-16(27-23(28)31)9-15-5-2-1-3-6-15/h1-8,16-18H,9-14H2,(H2,25,30)(H,27,31). The van der Waals surface area contributed by atoms with Gasteiger partial charge in [-0.1, -0.05) is 30.3 Å². The van der Waals surface area contributed by atoms with Gasteiger partial charge in [-0.2, -0.15) is 0 Å². The first-order valence-corrected chi connectivity index (χ1v) is 11.0. The molecular weight excluding hydrogens is 408 g/mol. The lowest BCUT2D eigenvalue weighted by atomic mass is 9.52. The van der Waals surface area contributed by atoms with Crippen molar-refractivity contribution in [3.8, 4) is 5.88 Å². The van der Waals surface area contributed by atoms with E-state index in [1.807, 2.05) is 30.3 Å². The Morgan fingerprint density at radius 3 is 2.56 bits per heavy atom. The van der Waals surface area contributed by atoms with Crippen molar-refractivity contribution in [2.45, 2.75) is 56.7 Å². The van der Waals surface area contributed by atoms with Crippen LogP contribution in [0.5, 0.6) is 5.88 Å². The number of carbonyl (C=O) groups is 3. The highest BCUT2D eigenvalue weighted by Crippen LogP contribution is 2.58. The van der Waals surface area contributed by atoms with Gasteiger partial charge < -0.3 is 15.8 Å². The topological polar surface area (TPSA) is 115 Å². The number of primary amides is 1. The first kappa shape index (κ1) is 20.5. The first-order valence-electron chi connectivity index (χ1n) is 11.0. The summed E-state index contributed by atoms with van der Waals surface area (Å²) in [5, 5.41) is 3.01. The van der Waals surface area contributed by atoms with Crippen molar-refractivity contribution in [3.63, 3.8) is 0 Å². The molecule has 1 aliphatic heterocycles. The van der Waals surface area contributed by atoms with Crippen molar-refractivity contribution in [3.05, 3.63) is 59.8 Å². The molecule has 8 heteroatoms. The van der Waals surface area contributed by atoms with Crippen LogP contribution in [0.4, 0.5) is 4.79 Å². The predicted octanol–water partition coefficient (Wildman–Crippen LogP) is 2.42.